The van der Waals surface area contributed by atoms with E-state index in [2.05, 4.69) is 76.0 Å². The van der Waals surface area contributed by atoms with Crippen molar-refractivity contribution in [1.82, 2.24) is 14.9 Å². The molecule has 3 aromatic carbocycles. The number of H-pyrrole nitrogens is 1. The molecule has 0 radical (unpaired) electrons. The topological polar surface area (TPSA) is 44.0 Å². The van der Waals surface area contributed by atoms with E-state index in [0.717, 1.165) is 55.4 Å². The molecule has 0 amide bonds. The van der Waals surface area contributed by atoms with E-state index in [-0.39, 0.29) is 11.9 Å². The third-order valence-electron chi connectivity index (χ3n) is 8.81. The third kappa shape index (κ3) is 5.10. The number of para-hydroxylation sites is 2. The summed E-state index contributed by atoms with van der Waals surface area (Å²) in [5.74, 6) is -0.197. The van der Waals surface area contributed by atoms with Crippen LogP contribution in [0.3, 0.4) is 0 Å². The summed E-state index contributed by atoms with van der Waals surface area (Å²) in [7, 11) is 0. The number of hydrogen-bond donors (Lipinski definition) is 2. The number of rotatable bonds is 9. The maximum Gasteiger partial charge on any atom is 0.123 e. The average Bonchev–Trinajstić information content (AvgIpc) is 3.39. The van der Waals surface area contributed by atoms with Crippen LogP contribution in [0, 0.1) is 5.82 Å². The number of nitrogens with one attached hydrogen (secondary N) is 2. The van der Waals surface area contributed by atoms with E-state index < -0.39 is 0 Å². The van der Waals surface area contributed by atoms with E-state index in [9.17, 15) is 4.39 Å². The summed E-state index contributed by atoms with van der Waals surface area (Å²) in [6.07, 6.45) is 13.8. The number of aromatic nitrogens is 2. The van der Waals surface area contributed by atoms with Crippen LogP contribution in [0.5, 0.6) is 0 Å². The number of unbranched alkanes of at least 4 members (excludes halogenated alkanes) is 3. The van der Waals surface area contributed by atoms with Gasteiger partial charge in [-0.1, -0.05) is 61.4 Å². The van der Waals surface area contributed by atoms with Crippen molar-refractivity contribution in [2.45, 2.75) is 57.4 Å². The highest BCUT2D eigenvalue weighted by Gasteiger charge is 2.28. The molecule has 5 aromatic rings. The lowest BCUT2D eigenvalue weighted by Crippen LogP contribution is -2.28. The van der Waals surface area contributed by atoms with E-state index in [1.54, 1.807) is 12.1 Å². The van der Waals surface area contributed by atoms with Crippen molar-refractivity contribution in [2.24, 2.45) is 0 Å². The number of aromatic amines is 1. The molecule has 208 valence electrons. The van der Waals surface area contributed by atoms with Gasteiger partial charge in [0.05, 0.1) is 17.3 Å². The smallest absolute Gasteiger partial charge is 0.123 e. The lowest BCUT2D eigenvalue weighted by atomic mass is 9.92. The zero-order valence-electron chi connectivity index (χ0n) is 23.5. The van der Waals surface area contributed by atoms with Gasteiger partial charge in [-0.2, -0.15) is 0 Å². The number of benzene rings is 3. The minimum atomic E-state index is -0.197. The summed E-state index contributed by atoms with van der Waals surface area (Å²) in [6.45, 7) is 1.95. The van der Waals surface area contributed by atoms with Gasteiger partial charge in [-0.15, -0.1) is 0 Å². The number of pyridine rings is 1. The van der Waals surface area contributed by atoms with Crippen molar-refractivity contribution in [2.75, 3.05) is 18.4 Å². The Labute approximate surface area is 241 Å². The molecule has 0 saturated carbocycles. The summed E-state index contributed by atoms with van der Waals surface area (Å²) >= 11 is 0. The Morgan fingerprint density at radius 3 is 2.54 bits per heavy atom. The largest absolute Gasteiger partial charge is 0.384 e. The molecule has 1 atom stereocenters. The Morgan fingerprint density at radius 2 is 1.63 bits per heavy atom. The lowest BCUT2D eigenvalue weighted by molar-refractivity contribution is 0.302. The summed E-state index contributed by atoms with van der Waals surface area (Å²) in [6, 6.07) is 24.1. The predicted molar refractivity (Wildman–Crippen MR) is 168 cm³/mol. The first-order chi connectivity index (χ1) is 20.3. The maximum absolute atomic E-state index is 13.8. The number of hydrogen-bond acceptors (Lipinski definition) is 3. The SMILES string of the molecule is Fc1ccc(C2c3[nH]c4ccccc4c3C=CN2CCCCCCNc2c3c(nc4ccccc24)CCCC3)cc1. The molecule has 1 unspecified atom stereocenters. The van der Waals surface area contributed by atoms with E-state index in [4.69, 9.17) is 4.98 Å². The Balaban J connectivity index is 0.988. The molecule has 1 aliphatic carbocycles. The van der Waals surface area contributed by atoms with Crippen molar-refractivity contribution in [3.63, 3.8) is 0 Å². The fourth-order valence-corrected chi connectivity index (χ4v) is 6.77. The Morgan fingerprint density at radius 1 is 0.854 bits per heavy atom. The van der Waals surface area contributed by atoms with Crippen LogP contribution in [0.15, 0.2) is 79.0 Å². The fraction of sp³-hybridized carbons (Fsp3) is 0.306. The molecule has 0 bridgehead atoms. The van der Waals surface area contributed by atoms with Gasteiger partial charge < -0.3 is 15.2 Å². The normalized spacial score (nSPS) is 16.2. The monoisotopic (exact) mass is 544 g/mol. The molecule has 3 heterocycles. The van der Waals surface area contributed by atoms with Crippen LogP contribution in [0.2, 0.25) is 0 Å². The van der Waals surface area contributed by atoms with E-state index in [0.29, 0.717) is 0 Å². The van der Waals surface area contributed by atoms with E-state index in [1.165, 1.54) is 64.7 Å². The van der Waals surface area contributed by atoms with Crippen molar-refractivity contribution >= 4 is 33.6 Å². The average molecular weight is 545 g/mol. The third-order valence-corrected chi connectivity index (χ3v) is 8.81. The van der Waals surface area contributed by atoms with E-state index in [1.807, 2.05) is 12.1 Å². The minimum absolute atomic E-state index is 0.0517. The van der Waals surface area contributed by atoms with Gasteiger partial charge in [-0.25, -0.2) is 4.39 Å². The molecule has 1 aliphatic heterocycles. The van der Waals surface area contributed by atoms with Crippen LogP contribution in [0.25, 0.3) is 27.9 Å². The van der Waals surface area contributed by atoms with Gasteiger partial charge in [-0.3, -0.25) is 4.98 Å². The highest BCUT2D eigenvalue weighted by molar-refractivity contribution is 5.94. The summed E-state index contributed by atoms with van der Waals surface area (Å²) in [5.41, 5.74) is 9.85. The van der Waals surface area contributed by atoms with Gasteiger partial charge in [0.15, 0.2) is 0 Å². The first kappa shape index (κ1) is 25.8. The first-order valence-corrected chi connectivity index (χ1v) is 15.2. The Bertz CT molecular complexity index is 1700. The molecule has 7 rings (SSSR count). The highest BCUT2D eigenvalue weighted by Crippen LogP contribution is 2.39. The van der Waals surface area contributed by atoms with Crippen LogP contribution in [-0.2, 0) is 12.8 Å². The van der Waals surface area contributed by atoms with Gasteiger partial charge in [0.25, 0.3) is 0 Å². The zero-order valence-corrected chi connectivity index (χ0v) is 23.5. The Hall–Kier alpha value is -4.12. The van der Waals surface area contributed by atoms with Crippen LogP contribution < -0.4 is 5.32 Å². The fourth-order valence-electron chi connectivity index (χ4n) is 6.77. The quantitative estimate of drug-likeness (QED) is 0.182. The predicted octanol–water partition coefficient (Wildman–Crippen LogP) is 8.78. The summed E-state index contributed by atoms with van der Waals surface area (Å²) in [4.78, 5) is 11.1. The molecule has 0 fully saturated rings. The lowest BCUT2D eigenvalue weighted by Gasteiger charge is -2.34. The second-order valence-corrected chi connectivity index (χ2v) is 11.5. The molecular formula is C36H37FN4. The molecule has 0 saturated heterocycles. The van der Waals surface area contributed by atoms with Crippen LogP contribution >= 0.6 is 0 Å². The van der Waals surface area contributed by atoms with Crippen LogP contribution in [0.1, 0.15) is 72.6 Å². The molecule has 2 aromatic heterocycles. The van der Waals surface area contributed by atoms with Crippen molar-refractivity contribution in [1.29, 1.82) is 0 Å². The summed E-state index contributed by atoms with van der Waals surface area (Å²) < 4.78 is 13.8. The number of anilines is 1. The van der Waals surface area contributed by atoms with Gasteiger partial charge in [-0.05, 0) is 80.0 Å². The van der Waals surface area contributed by atoms with E-state index >= 15 is 0 Å². The number of nitrogens with zero attached hydrogens (tertiary/aromatic N) is 2. The molecule has 41 heavy (non-hydrogen) atoms. The van der Waals surface area contributed by atoms with Crippen LogP contribution in [0.4, 0.5) is 10.1 Å². The number of aryl methyl sites for hydroxylation is 1. The van der Waals surface area contributed by atoms with Crippen LogP contribution in [-0.4, -0.2) is 28.0 Å². The van der Waals surface area contributed by atoms with Gasteiger partial charge in [0.1, 0.15) is 5.82 Å². The molecule has 0 spiro atoms. The molecule has 5 heteroatoms. The highest BCUT2D eigenvalue weighted by atomic mass is 19.1. The van der Waals surface area contributed by atoms with Crippen molar-refractivity contribution in [3.8, 4) is 0 Å². The number of halogens is 1. The van der Waals surface area contributed by atoms with Crippen molar-refractivity contribution in [3.05, 3.63) is 113 Å². The standard InChI is InChI=1S/C36H37FN4/c37-26-19-17-25(18-20-26)36-35-28(27-11-3-6-14-31(27)40-35)21-24-41(36)23-10-2-1-9-22-38-34-29-12-4-7-15-32(29)39-33-16-8-5-13-30(33)34/h3-4,6-7,11-12,14-15,17-21,24,36,40H,1-2,5,8-10,13,16,22-23H2,(H,38,39). The Kier molecular flexibility index (Phi) is 7.18. The van der Waals surface area contributed by atoms with Gasteiger partial charge in [0, 0.05) is 52.5 Å². The molecule has 2 aliphatic rings. The second kappa shape index (κ2) is 11.4. The minimum Gasteiger partial charge on any atom is -0.384 e. The molecular weight excluding hydrogens is 507 g/mol. The van der Waals surface area contributed by atoms with Crippen molar-refractivity contribution < 1.29 is 4.39 Å². The van der Waals surface area contributed by atoms with Gasteiger partial charge in [0.2, 0.25) is 0 Å². The molecule has 4 nitrogen and oxygen atoms in total. The van der Waals surface area contributed by atoms with Gasteiger partial charge >= 0.3 is 0 Å². The summed E-state index contributed by atoms with van der Waals surface area (Å²) in [5, 5.41) is 6.31. The first-order valence-electron chi connectivity index (χ1n) is 15.2. The number of fused-ring (bicyclic) bond motifs is 5. The molecule has 2 N–H and O–H groups in total. The second-order valence-electron chi connectivity index (χ2n) is 11.5. The maximum atomic E-state index is 13.8. The zero-order chi connectivity index (χ0) is 27.6.